The minimum atomic E-state index is -0.546. The molecule has 0 atom stereocenters. The molecule has 2 amide bonds. The molecule has 0 spiro atoms. The van der Waals surface area contributed by atoms with Crippen LogP contribution < -0.4 is 4.74 Å². The maximum atomic E-state index is 13.0. The first kappa shape index (κ1) is 20.4. The fourth-order valence-corrected chi connectivity index (χ4v) is 3.94. The van der Waals surface area contributed by atoms with E-state index in [2.05, 4.69) is 0 Å². The van der Waals surface area contributed by atoms with Crippen LogP contribution in [0.3, 0.4) is 0 Å². The number of nitro groups is 1. The molecule has 9 nitrogen and oxygen atoms in total. The lowest BCUT2D eigenvalue weighted by Gasteiger charge is -2.37. The van der Waals surface area contributed by atoms with Gasteiger partial charge in [-0.25, -0.2) is 4.79 Å². The van der Waals surface area contributed by atoms with Gasteiger partial charge in [-0.1, -0.05) is 0 Å². The van der Waals surface area contributed by atoms with Gasteiger partial charge in [-0.15, -0.1) is 0 Å². The number of carbonyl (C=O) groups excluding carboxylic acids is 2. The SMILES string of the molecule is CC(C)(C)OC(=O)N1CCC(N2Cc3cc([N+](=O)[O-])c(OC4CC4)cc3C2=O)CC1. The number of hydrogen-bond donors (Lipinski definition) is 0. The molecule has 1 aromatic rings. The summed E-state index contributed by atoms with van der Waals surface area (Å²) < 4.78 is 11.1. The molecule has 0 unspecified atom stereocenters. The first-order valence-corrected chi connectivity index (χ1v) is 10.4. The first-order valence-electron chi connectivity index (χ1n) is 10.4. The van der Waals surface area contributed by atoms with E-state index in [-0.39, 0.29) is 35.6 Å². The van der Waals surface area contributed by atoms with E-state index < -0.39 is 10.5 Å². The van der Waals surface area contributed by atoms with E-state index in [1.165, 1.54) is 12.1 Å². The second-order valence-corrected chi connectivity index (χ2v) is 9.18. The molecule has 1 saturated heterocycles. The second-order valence-electron chi connectivity index (χ2n) is 9.18. The molecule has 162 valence electrons. The molecule has 2 fully saturated rings. The Morgan fingerprint density at radius 2 is 1.83 bits per heavy atom. The van der Waals surface area contributed by atoms with Crippen LogP contribution in [-0.2, 0) is 11.3 Å². The van der Waals surface area contributed by atoms with Gasteiger partial charge in [0.05, 0.1) is 11.0 Å². The Morgan fingerprint density at radius 3 is 2.40 bits per heavy atom. The monoisotopic (exact) mass is 417 g/mol. The van der Waals surface area contributed by atoms with Crippen molar-refractivity contribution in [2.45, 2.75) is 70.7 Å². The van der Waals surface area contributed by atoms with Crippen molar-refractivity contribution in [3.05, 3.63) is 33.4 Å². The van der Waals surface area contributed by atoms with Crippen LogP contribution in [0.4, 0.5) is 10.5 Å². The number of ether oxygens (including phenoxy) is 2. The molecular formula is C21H27N3O6. The Labute approximate surface area is 175 Å². The molecule has 2 aliphatic heterocycles. The smallest absolute Gasteiger partial charge is 0.410 e. The summed E-state index contributed by atoms with van der Waals surface area (Å²) in [5.74, 6) is 0.0486. The predicted molar refractivity (Wildman–Crippen MR) is 107 cm³/mol. The van der Waals surface area contributed by atoms with Crippen molar-refractivity contribution in [2.24, 2.45) is 0 Å². The molecule has 3 aliphatic rings. The highest BCUT2D eigenvalue weighted by molar-refractivity contribution is 5.99. The summed E-state index contributed by atoms with van der Waals surface area (Å²) in [7, 11) is 0. The quantitative estimate of drug-likeness (QED) is 0.549. The summed E-state index contributed by atoms with van der Waals surface area (Å²) in [6, 6.07) is 2.99. The third-order valence-corrected chi connectivity index (χ3v) is 5.59. The Kier molecular flexibility index (Phi) is 5.07. The lowest BCUT2D eigenvalue weighted by atomic mass is 10.0. The number of likely N-dealkylation sites (tertiary alicyclic amines) is 1. The van der Waals surface area contributed by atoms with Crippen LogP contribution >= 0.6 is 0 Å². The third-order valence-electron chi connectivity index (χ3n) is 5.59. The summed E-state index contributed by atoms with van der Waals surface area (Å²) >= 11 is 0. The van der Waals surface area contributed by atoms with Gasteiger partial charge in [0, 0.05) is 43.4 Å². The minimum absolute atomic E-state index is 0.00606. The van der Waals surface area contributed by atoms with Crippen molar-refractivity contribution in [1.82, 2.24) is 9.80 Å². The molecule has 9 heteroatoms. The van der Waals surface area contributed by atoms with Crippen LogP contribution in [0.5, 0.6) is 5.75 Å². The molecule has 1 saturated carbocycles. The number of carbonyl (C=O) groups is 2. The van der Waals surface area contributed by atoms with Gasteiger partial charge < -0.3 is 19.3 Å². The number of piperidine rings is 1. The Morgan fingerprint density at radius 1 is 1.17 bits per heavy atom. The van der Waals surface area contributed by atoms with Crippen LogP contribution in [0.15, 0.2) is 12.1 Å². The van der Waals surface area contributed by atoms with E-state index in [0.717, 1.165) is 12.8 Å². The van der Waals surface area contributed by atoms with Crippen molar-refractivity contribution >= 4 is 17.7 Å². The Bertz CT molecular complexity index is 881. The molecule has 4 rings (SSSR count). The summed E-state index contributed by atoms with van der Waals surface area (Å²) in [5, 5.41) is 11.5. The van der Waals surface area contributed by atoms with Crippen LogP contribution in [0.25, 0.3) is 0 Å². The molecule has 30 heavy (non-hydrogen) atoms. The van der Waals surface area contributed by atoms with Crippen molar-refractivity contribution in [1.29, 1.82) is 0 Å². The van der Waals surface area contributed by atoms with Gasteiger partial charge in [0.25, 0.3) is 5.91 Å². The molecule has 2 heterocycles. The van der Waals surface area contributed by atoms with E-state index in [1.807, 2.05) is 20.8 Å². The Balaban J connectivity index is 1.44. The topological polar surface area (TPSA) is 102 Å². The lowest BCUT2D eigenvalue weighted by molar-refractivity contribution is -0.386. The number of amides is 2. The summed E-state index contributed by atoms with van der Waals surface area (Å²) in [5.41, 5.74) is 0.500. The van der Waals surface area contributed by atoms with Gasteiger partial charge in [0.2, 0.25) is 0 Å². The van der Waals surface area contributed by atoms with Crippen molar-refractivity contribution in [3.8, 4) is 5.75 Å². The average Bonchev–Trinajstić information content (AvgIpc) is 3.42. The predicted octanol–water partition coefficient (Wildman–Crippen LogP) is 3.49. The van der Waals surface area contributed by atoms with Gasteiger partial charge in [-0.2, -0.15) is 0 Å². The van der Waals surface area contributed by atoms with E-state index >= 15 is 0 Å². The maximum absolute atomic E-state index is 13.0. The highest BCUT2D eigenvalue weighted by Gasteiger charge is 2.38. The van der Waals surface area contributed by atoms with Gasteiger partial charge in [-0.05, 0) is 52.0 Å². The highest BCUT2D eigenvalue weighted by Crippen LogP contribution is 2.39. The molecular weight excluding hydrogens is 390 g/mol. The van der Waals surface area contributed by atoms with Gasteiger partial charge in [0.1, 0.15) is 5.60 Å². The number of nitro benzene ring substituents is 1. The van der Waals surface area contributed by atoms with Crippen LogP contribution in [0.1, 0.15) is 62.4 Å². The number of rotatable bonds is 4. The first-order chi connectivity index (χ1) is 14.1. The zero-order valence-electron chi connectivity index (χ0n) is 17.6. The second kappa shape index (κ2) is 7.45. The van der Waals surface area contributed by atoms with E-state index in [4.69, 9.17) is 9.47 Å². The zero-order chi connectivity index (χ0) is 21.6. The van der Waals surface area contributed by atoms with E-state index in [9.17, 15) is 19.7 Å². The fraction of sp³-hybridized carbons (Fsp3) is 0.619. The van der Waals surface area contributed by atoms with Crippen LogP contribution in [0, 0.1) is 10.1 Å². The maximum Gasteiger partial charge on any atom is 0.410 e. The number of nitrogens with zero attached hydrogens (tertiary/aromatic N) is 3. The molecule has 1 aromatic carbocycles. The van der Waals surface area contributed by atoms with E-state index in [0.29, 0.717) is 43.6 Å². The van der Waals surface area contributed by atoms with Gasteiger partial charge in [-0.3, -0.25) is 14.9 Å². The Hall–Kier alpha value is -2.84. The van der Waals surface area contributed by atoms with Crippen molar-refractivity contribution < 1.29 is 24.0 Å². The van der Waals surface area contributed by atoms with Crippen LogP contribution in [0.2, 0.25) is 0 Å². The number of fused-ring (bicyclic) bond motifs is 1. The minimum Gasteiger partial charge on any atom is -0.483 e. The van der Waals surface area contributed by atoms with Gasteiger partial charge >= 0.3 is 11.8 Å². The zero-order valence-corrected chi connectivity index (χ0v) is 17.6. The molecule has 0 N–H and O–H groups in total. The van der Waals surface area contributed by atoms with Crippen molar-refractivity contribution in [2.75, 3.05) is 13.1 Å². The molecule has 0 radical (unpaired) electrons. The molecule has 0 aromatic heterocycles. The van der Waals surface area contributed by atoms with Crippen molar-refractivity contribution in [3.63, 3.8) is 0 Å². The average molecular weight is 417 g/mol. The molecule has 0 bridgehead atoms. The largest absolute Gasteiger partial charge is 0.483 e. The summed E-state index contributed by atoms with van der Waals surface area (Å²) in [6.45, 7) is 6.86. The summed E-state index contributed by atoms with van der Waals surface area (Å²) in [6.07, 6.45) is 2.72. The van der Waals surface area contributed by atoms with Gasteiger partial charge in [0.15, 0.2) is 5.75 Å². The van der Waals surface area contributed by atoms with Crippen LogP contribution in [-0.4, -0.2) is 57.6 Å². The molecule has 1 aliphatic carbocycles. The highest BCUT2D eigenvalue weighted by atomic mass is 16.6. The van der Waals surface area contributed by atoms with E-state index in [1.54, 1.807) is 9.80 Å². The third kappa shape index (κ3) is 4.20. The normalized spacial score (nSPS) is 19.6. The number of hydrogen-bond acceptors (Lipinski definition) is 6. The summed E-state index contributed by atoms with van der Waals surface area (Å²) in [4.78, 5) is 39.7. The fourth-order valence-electron chi connectivity index (χ4n) is 3.94. The lowest BCUT2D eigenvalue weighted by Crippen LogP contribution is -2.48. The number of benzene rings is 1. The standard InChI is InChI=1S/C21H27N3O6/c1-21(2,3)30-20(26)22-8-6-14(7-9-22)23-12-13-10-17(24(27)28)18(29-15-4-5-15)11-16(13)19(23)25/h10-11,14-15H,4-9,12H2,1-3H3.